The SMILES string of the molecule is CC(C)(C)OC(=O)N[C@@H](Cc1ccccc1)C(=O)N1CCCC1C(=O)NC(CCCN=C(N)N)C(=O)O. The molecule has 1 aromatic rings. The van der Waals surface area contributed by atoms with Gasteiger partial charge in [-0.1, -0.05) is 30.3 Å². The molecule has 0 spiro atoms. The number of guanidine groups is 1. The van der Waals surface area contributed by atoms with Crippen molar-refractivity contribution in [1.82, 2.24) is 15.5 Å². The molecule has 12 heteroatoms. The van der Waals surface area contributed by atoms with Crippen LogP contribution in [-0.2, 0) is 25.5 Å². The molecular formula is C25H38N6O6. The van der Waals surface area contributed by atoms with Gasteiger partial charge in [0.1, 0.15) is 23.7 Å². The number of rotatable bonds is 11. The molecular weight excluding hydrogens is 480 g/mol. The van der Waals surface area contributed by atoms with Crippen molar-refractivity contribution in [3.05, 3.63) is 35.9 Å². The fourth-order valence-corrected chi connectivity index (χ4v) is 4.03. The van der Waals surface area contributed by atoms with Gasteiger partial charge in [-0.3, -0.25) is 14.6 Å². The van der Waals surface area contributed by atoms with E-state index >= 15 is 0 Å². The summed E-state index contributed by atoms with van der Waals surface area (Å²) in [6.45, 7) is 5.70. The number of amides is 3. The van der Waals surface area contributed by atoms with Crippen LogP contribution in [0.4, 0.5) is 4.79 Å². The van der Waals surface area contributed by atoms with E-state index < -0.39 is 47.6 Å². The molecule has 1 aliphatic heterocycles. The van der Waals surface area contributed by atoms with Crippen LogP contribution in [0.25, 0.3) is 0 Å². The van der Waals surface area contributed by atoms with Crippen LogP contribution in [0, 0.1) is 0 Å². The number of carbonyl (C=O) groups excluding carboxylic acids is 3. The fourth-order valence-electron chi connectivity index (χ4n) is 4.03. The van der Waals surface area contributed by atoms with Gasteiger partial charge in [-0.2, -0.15) is 0 Å². The summed E-state index contributed by atoms with van der Waals surface area (Å²) in [6.07, 6.45) is 0.871. The van der Waals surface area contributed by atoms with Gasteiger partial charge < -0.3 is 36.8 Å². The molecule has 1 fully saturated rings. The molecule has 0 radical (unpaired) electrons. The van der Waals surface area contributed by atoms with E-state index in [9.17, 15) is 24.3 Å². The van der Waals surface area contributed by atoms with E-state index in [1.54, 1.807) is 20.8 Å². The van der Waals surface area contributed by atoms with Crippen LogP contribution in [0.15, 0.2) is 35.3 Å². The van der Waals surface area contributed by atoms with E-state index in [1.165, 1.54) is 4.90 Å². The molecule has 1 heterocycles. The lowest BCUT2D eigenvalue weighted by Crippen LogP contribution is -2.56. The Hall–Kier alpha value is -3.83. The Morgan fingerprint density at radius 2 is 1.81 bits per heavy atom. The number of carboxylic acids is 1. The molecule has 0 saturated carbocycles. The molecule has 2 rings (SSSR count). The average molecular weight is 519 g/mol. The van der Waals surface area contributed by atoms with Gasteiger partial charge >= 0.3 is 12.1 Å². The molecule has 3 amide bonds. The number of ether oxygens (including phenoxy) is 1. The molecule has 1 aromatic carbocycles. The molecule has 0 aromatic heterocycles. The predicted molar refractivity (Wildman–Crippen MR) is 138 cm³/mol. The van der Waals surface area contributed by atoms with Gasteiger partial charge in [0.2, 0.25) is 11.8 Å². The smallest absolute Gasteiger partial charge is 0.408 e. The van der Waals surface area contributed by atoms with Gasteiger partial charge in [0.25, 0.3) is 0 Å². The monoisotopic (exact) mass is 518 g/mol. The summed E-state index contributed by atoms with van der Waals surface area (Å²) in [6, 6.07) is 6.20. The topological polar surface area (TPSA) is 189 Å². The predicted octanol–water partition coefficient (Wildman–Crippen LogP) is 0.736. The van der Waals surface area contributed by atoms with Gasteiger partial charge in [-0.15, -0.1) is 0 Å². The van der Waals surface area contributed by atoms with E-state index in [4.69, 9.17) is 16.2 Å². The second-order valence-electron chi connectivity index (χ2n) is 9.93. The number of aliphatic imine (C=N–C) groups is 1. The lowest BCUT2D eigenvalue weighted by molar-refractivity contribution is -0.144. The van der Waals surface area contributed by atoms with Crippen molar-refractivity contribution in [3.63, 3.8) is 0 Å². The number of carbonyl (C=O) groups is 4. The Bertz CT molecular complexity index is 974. The molecule has 3 atom stereocenters. The van der Waals surface area contributed by atoms with Gasteiger partial charge in [0, 0.05) is 19.5 Å². The standard InChI is InChI=1S/C25H38N6O6/c1-25(2,3)37-24(36)30-18(15-16-9-5-4-6-10-16)21(33)31-14-8-12-19(31)20(32)29-17(22(34)35)11-7-13-28-23(26)27/h4-6,9-10,17-19H,7-8,11-15H2,1-3H3,(H,29,32)(H,30,36)(H,34,35)(H4,26,27,28)/t17?,18-,19?/m0/s1. The quantitative estimate of drug-likeness (QED) is 0.161. The summed E-state index contributed by atoms with van der Waals surface area (Å²) in [4.78, 5) is 56.1. The summed E-state index contributed by atoms with van der Waals surface area (Å²) >= 11 is 0. The van der Waals surface area contributed by atoms with E-state index in [1.807, 2.05) is 30.3 Å². The second kappa shape index (κ2) is 13.5. The number of nitrogens with zero attached hydrogens (tertiary/aromatic N) is 2. The maximum atomic E-state index is 13.6. The fraction of sp³-hybridized carbons (Fsp3) is 0.560. The third-order valence-electron chi connectivity index (χ3n) is 5.67. The summed E-state index contributed by atoms with van der Waals surface area (Å²) in [7, 11) is 0. The minimum Gasteiger partial charge on any atom is -0.480 e. The van der Waals surface area contributed by atoms with Crippen LogP contribution in [0.3, 0.4) is 0 Å². The third-order valence-corrected chi connectivity index (χ3v) is 5.67. The van der Waals surface area contributed by atoms with Crippen molar-refractivity contribution in [2.24, 2.45) is 16.5 Å². The van der Waals surface area contributed by atoms with Crippen molar-refractivity contribution in [2.45, 2.75) is 76.6 Å². The Kier molecular flexibility index (Phi) is 10.7. The average Bonchev–Trinajstić information content (AvgIpc) is 3.29. The summed E-state index contributed by atoms with van der Waals surface area (Å²) < 4.78 is 5.34. The lowest BCUT2D eigenvalue weighted by Gasteiger charge is -2.30. The van der Waals surface area contributed by atoms with Crippen LogP contribution in [0.5, 0.6) is 0 Å². The summed E-state index contributed by atoms with van der Waals surface area (Å²) in [5.41, 5.74) is 10.6. The van der Waals surface area contributed by atoms with Gasteiger partial charge in [0.15, 0.2) is 5.96 Å². The van der Waals surface area contributed by atoms with Gasteiger partial charge in [-0.25, -0.2) is 9.59 Å². The van der Waals surface area contributed by atoms with Gasteiger partial charge in [-0.05, 0) is 52.0 Å². The van der Waals surface area contributed by atoms with Crippen molar-refractivity contribution in [3.8, 4) is 0 Å². The number of nitrogens with one attached hydrogen (secondary N) is 2. The maximum Gasteiger partial charge on any atom is 0.408 e. The zero-order chi connectivity index (χ0) is 27.6. The van der Waals surface area contributed by atoms with E-state index in [0.717, 1.165) is 5.56 Å². The summed E-state index contributed by atoms with van der Waals surface area (Å²) in [5.74, 6) is -2.29. The zero-order valence-electron chi connectivity index (χ0n) is 21.6. The van der Waals surface area contributed by atoms with E-state index in [0.29, 0.717) is 25.8 Å². The number of hydrogen-bond donors (Lipinski definition) is 5. The van der Waals surface area contributed by atoms with Crippen LogP contribution in [-0.4, -0.2) is 76.7 Å². The van der Waals surface area contributed by atoms with Crippen LogP contribution >= 0.6 is 0 Å². The molecule has 2 unspecified atom stereocenters. The number of nitrogens with two attached hydrogens (primary N) is 2. The largest absolute Gasteiger partial charge is 0.480 e. The number of alkyl carbamates (subject to hydrolysis) is 1. The number of benzene rings is 1. The van der Waals surface area contributed by atoms with Crippen molar-refractivity contribution in [2.75, 3.05) is 13.1 Å². The van der Waals surface area contributed by atoms with E-state index in [-0.39, 0.29) is 25.3 Å². The molecule has 0 aliphatic carbocycles. The van der Waals surface area contributed by atoms with Crippen LogP contribution in [0.1, 0.15) is 52.0 Å². The molecule has 0 bridgehead atoms. The first-order valence-corrected chi connectivity index (χ1v) is 12.3. The van der Waals surface area contributed by atoms with Crippen LogP contribution < -0.4 is 22.1 Å². The van der Waals surface area contributed by atoms with Crippen molar-refractivity contribution >= 4 is 29.8 Å². The molecule has 7 N–H and O–H groups in total. The molecule has 204 valence electrons. The number of carboxylic acid groups (broad SMARTS) is 1. The molecule has 1 saturated heterocycles. The highest BCUT2D eigenvalue weighted by molar-refractivity contribution is 5.93. The van der Waals surface area contributed by atoms with Gasteiger partial charge in [0.05, 0.1) is 0 Å². The highest BCUT2D eigenvalue weighted by atomic mass is 16.6. The summed E-state index contributed by atoms with van der Waals surface area (Å²) in [5, 5.41) is 14.7. The Morgan fingerprint density at radius 1 is 1.14 bits per heavy atom. The van der Waals surface area contributed by atoms with Crippen molar-refractivity contribution in [1.29, 1.82) is 0 Å². The van der Waals surface area contributed by atoms with Crippen LogP contribution in [0.2, 0.25) is 0 Å². The number of hydrogen-bond acceptors (Lipinski definition) is 6. The Labute approximate surface area is 216 Å². The lowest BCUT2D eigenvalue weighted by atomic mass is 10.0. The number of likely N-dealkylation sites (tertiary alicyclic amines) is 1. The Balaban J connectivity index is 2.14. The first-order valence-electron chi connectivity index (χ1n) is 12.3. The number of aliphatic carboxylic acids is 1. The zero-order valence-corrected chi connectivity index (χ0v) is 21.6. The second-order valence-corrected chi connectivity index (χ2v) is 9.93. The highest BCUT2D eigenvalue weighted by Gasteiger charge is 2.39. The molecule has 37 heavy (non-hydrogen) atoms. The van der Waals surface area contributed by atoms with Crippen molar-refractivity contribution < 1.29 is 29.0 Å². The Morgan fingerprint density at radius 3 is 2.41 bits per heavy atom. The molecule has 1 aliphatic rings. The molecule has 12 nitrogen and oxygen atoms in total. The first kappa shape index (κ1) is 29.4. The maximum absolute atomic E-state index is 13.6. The minimum absolute atomic E-state index is 0.0962. The van der Waals surface area contributed by atoms with E-state index in [2.05, 4.69) is 15.6 Å². The third kappa shape index (κ3) is 9.98. The first-order chi connectivity index (χ1) is 17.4. The normalized spacial score (nSPS) is 16.8. The minimum atomic E-state index is -1.19. The highest BCUT2D eigenvalue weighted by Crippen LogP contribution is 2.20.